The van der Waals surface area contributed by atoms with E-state index in [0.717, 1.165) is 6.07 Å². The van der Waals surface area contributed by atoms with Crippen molar-refractivity contribution in [2.75, 3.05) is 0 Å². The van der Waals surface area contributed by atoms with Crippen LogP contribution in [0.25, 0.3) is 33.7 Å². The molecule has 9 nitrogen and oxygen atoms in total. The predicted molar refractivity (Wildman–Crippen MR) is 107 cm³/mol. The van der Waals surface area contributed by atoms with Gasteiger partial charge in [-0.3, -0.25) is 10.1 Å². The molecule has 0 atom stereocenters. The number of hydrogen-bond donors (Lipinski definition) is 1. The van der Waals surface area contributed by atoms with Gasteiger partial charge in [0.1, 0.15) is 28.7 Å². The Morgan fingerprint density at radius 2 is 1.97 bits per heavy atom. The molecule has 0 aliphatic carbocycles. The summed E-state index contributed by atoms with van der Waals surface area (Å²) in [7, 11) is 0. The molecular weight excluding hydrogens is 422 g/mol. The van der Waals surface area contributed by atoms with Crippen molar-refractivity contribution in [1.82, 2.24) is 20.2 Å². The monoisotopic (exact) mass is 435 g/mol. The Kier molecular flexibility index (Phi) is 4.62. The van der Waals surface area contributed by atoms with Gasteiger partial charge in [0.2, 0.25) is 18.5 Å². The molecule has 3 heterocycles. The first kappa shape index (κ1) is 19.4. The molecule has 0 spiro atoms. The van der Waals surface area contributed by atoms with Crippen LogP contribution >= 0.6 is 0 Å². The van der Waals surface area contributed by atoms with Crippen LogP contribution in [0.2, 0.25) is 0 Å². The van der Waals surface area contributed by atoms with E-state index in [9.17, 15) is 18.9 Å². The van der Waals surface area contributed by atoms with Gasteiger partial charge in [0, 0.05) is 23.8 Å². The zero-order valence-corrected chi connectivity index (χ0v) is 16.2. The van der Waals surface area contributed by atoms with E-state index in [2.05, 4.69) is 20.2 Å². The first-order valence-corrected chi connectivity index (χ1v) is 9.38. The largest absolute Gasteiger partial charge is 0.354 e. The maximum Gasteiger partial charge on any atom is 0.269 e. The number of non-ortho nitro benzene ring substituents is 1. The average Bonchev–Trinajstić information content (AvgIpc) is 3.42. The van der Waals surface area contributed by atoms with Crippen molar-refractivity contribution in [3.8, 4) is 22.6 Å². The molecule has 158 valence electrons. The normalized spacial score (nSPS) is 11.2. The number of imidazole rings is 1. The first-order valence-electron chi connectivity index (χ1n) is 9.38. The number of aromatic amines is 1. The third-order valence-corrected chi connectivity index (χ3v) is 4.83. The maximum atomic E-state index is 14.1. The van der Waals surface area contributed by atoms with Gasteiger partial charge in [-0.2, -0.15) is 0 Å². The minimum atomic E-state index is -0.979. The highest BCUT2D eigenvalue weighted by molar-refractivity contribution is 5.77. The van der Waals surface area contributed by atoms with Crippen molar-refractivity contribution in [2.24, 2.45) is 0 Å². The fourth-order valence-corrected chi connectivity index (χ4v) is 3.25. The van der Waals surface area contributed by atoms with Crippen LogP contribution in [0, 0.1) is 21.7 Å². The highest BCUT2D eigenvalue weighted by atomic mass is 19.2. The highest BCUT2D eigenvalue weighted by Crippen LogP contribution is 2.24. The molecule has 0 fully saturated rings. The number of nitro benzene ring substituents is 1. The second kappa shape index (κ2) is 7.61. The maximum absolute atomic E-state index is 14.1. The Balaban J connectivity index is 1.39. The number of hydrogen-bond acceptors (Lipinski definition) is 6. The van der Waals surface area contributed by atoms with Gasteiger partial charge in [0.05, 0.1) is 10.5 Å². The number of fused-ring (bicyclic) bond motifs is 1. The summed E-state index contributed by atoms with van der Waals surface area (Å²) in [6.07, 6.45) is 3.16. The lowest BCUT2D eigenvalue weighted by molar-refractivity contribution is -0.746. The van der Waals surface area contributed by atoms with E-state index in [4.69, 9.17) is 4.52 Å². The van der Waals surface area contributed by atoms with Gasteiger partial charge in [0.25, 0.3) is 5.69 Å². The molecule has 0 radical (unpaired) electrons. The number of H-pyrrole nitrogens is 1. The van der Waals surface area contributed by atoms with E-state index in [0.29, 0.717) is 28.1 Å². The zero-order valence-electron chi connectivity index (χ0n) is 16.2. The number of aromatic nitrogens is 5. The second-order valence-corrected chi connectivity index (χ2v) is 6.94. The summed E-state index contributed by atoms with van der Waals surface area (Å²) in [5.74, 6) is -1.24. The summed E-state index contributed by atoms with van der Waals surface area (Å²) >= 11 is 0. The Labute approximate surface area is 178 Å². The molecule has 32 heavy (non-hydrogen) atoms. The number of halogens is 2. The van der Waals surface area contributed by atoms with E-state index in [1.54, 1.807) is 29.1 Å². The molecule has 2 aromatic carbocycles. The SMILES string of the molecule is O=[N+]([O-])c1ccc(-c2cc(C[n+]3cc4[nH]c(-c5cccc(F)c5F)nc4cn3)on2)cc1. The molecule has 0 bridgehead atoms. The number of rotatable bonds is 5. The summed E-state index contributed by atoms with van der Waals surface area (Å²) in [6.45, 7) is 0.249. The summed E-state index contributed by atoms with van der Waals surface area (Å²) < 4.78 is 34.5. The summed E-state index contributed by atoms with van der Waals surface area (Å²) in [4.78, 5) is 17.6. The van der Waals surface area contributed by atoms with Crippen molar-refractivity contribution in [3.05, 3.63) is 88.4 Å². The number of nitro groups is 1. The molecular formula is C21H13F2N6O3+. The minimum Gasteiger partial charge on any atom is -0.354 e. The van der Waals surface area contributed by atoms with Crippen molar-refractivity contribution in [2.45, 2.75) is 6.54 Å². The standard InChI is InChI=1S/C21H12F2N6O3/c22-16-3-1-2-15(20(16)23)21-25-18-9-24-28(11-19(18)26-21)10-14-8-17(27-32-14)12-4-6-13(7-5-12)29(30)31/h1-9,11H,10H2/p+1. The molecule has 0 unspecified atom stereocenters. The third-order valence-electron chi connectivity index (χ3n) is 4.83. The lowest BCUT2D eigenvalue weighted by Gasteiger charge is -1.99. The van der Waals surface area contributed by atoms with Crippen LogP contribution in [-0.4, -0.2) is 25.1 Å². The van der Waals surface area contributed by atoms with Gasteiger partial charge in [0.15, 0.2) is 11.6 Å². The zero-order chi connectivity index (χ0) is 22.2. The van der Waals surface area contributed by atoms with Crippen molar-refractivity contribution in [1.29, 1.82) is 0 Å². The average molecular weight is 435 g/mol. The van der Waals surface area contributed by atoms with Gasteiger partial charge in [-0.1, -0.05) is 15.9 Å². The molecule has 11 heteroatoms. The van der Waals surface area contributed by atoms with Crippen LogP contribution in [0.4, 0.5) is 14.5 Å². The summed E-state index contributed by atoms with van der Waals surface area (Å²) in [5, 5.41) is 19.0. The summed E-state index contributed by atoms with van der Waals surface area (Å²) in [6, 6.07) is 11.6. The Hall–Kier alpha value is -4.54. The molecule has 1 N–H and O–H groups in total. The van der Waals surface area contributed by atoms with Gasteiger partial charge in [-0.05, 0) is 29.4 Å². The number of benzene rings is 2. The van der Waals surface area contributed by atoms with Gasteiger partial charge < -0.3 is 9.51 Å². The smallest absolute Gasteiger partial charge is 0.269 e. The van der Waals surface area contributed by atoms with Crippen LogP contribution in [0.15, 0.2) is 65.4 Å². The van der Waals surface area contributed by atoms with Gasteiger partial charge in [-0.25, -0.2) is 13.8 Å². The van der Waals surface area contributed by atoms with E-state index < -0.39 is 16.6 Å². The fraction of sp³-hybridized carbons (Fsp3) is 0.0476. The third kappa shape index (κ3) is 3.55. The lowest BCUT2D eigenvalue weighted by Crippen LogP contribution is -2.37. The predicted octanol–water partition coefficient (Wildman–Crippen LogP) is 3.80. The molecule has 0 aliphatic heterocycles. The van der Waals surface area contributed by atoms with Crippen molar-refractivity contribution in [3.63, 3.8) is 0 Å². The lowest BCUT2D eigenvalue weighted by atomic mass is 10.1. The number of nitrogens with zero attached hydrogens (tertiary/aromatic N) is 5. The molecule has 0 saturated heterocycles. The van der Waals surface area contributed by atoms with Crippen LogP contribution in [0.1, 0.15) is 5.76 Å². The van der Waals surface area contributed by atoms with Gasteiger partial charge >= 0.3 is 0 Å². The number of nitrogens with one attached hydrogen (secondary N) is 1. The van der Waals surface area contributed by atoms with E-state index >= 15 is 0 Å². The highest BCUT2D eigenvalue weighted by Gasteiger charge is 2.18. The molecule has 0 saturated carbocycles. The molecule has 0 aliphatic rings. The van der Waals surface area contributed by atoms with Crippen LogP contribution in [-0.2, 0) is 6.54 Å². The quantitative estimate of drug-likeness (QED) is 0.255. The van der Waals surface area contributed by atoms with Crippen LogP contribution in [0.3, 0.4) is 0 Å². The van der Waals surface area contributed by atoms with Crippen LogP contribution in [0.5, 0.6) is 0 Å². The van der Waals surface area contributed by atoms with E-state index in [1.807, 2.05) is 0 Å². The van der Waals surface area contributed by atoms with E-state index in [1.165, 1.54) is 30.5 Å². The van der Waals surface area contributed by atoms with Gasteiger partial charge in [-0.15, -0.1) is 0 Å². The first-order chi connectivity index (χ1) is 15.5. The fourth-order valence-electron chi connectivity index (χ4n) is 3.25. The summed E-state index contributed by atoms with van der Waals surface area (Å²) in [5.41, 5.74) is 2.28. The molecule has 0 amide bonds. The topological polar surface area (TPSA) is 115 Å². The Morgan fingerprint density at radius 1 is 1.16 bits per heavy atom. The van der Waals surface area contributed by atoms with Crippen molar-refractivity contribution >= 4 is 16.7 Å². The van der Waals surface area contributed by atoms with E-state index in [-0.39, 0.29) is 23.6 Å². The van der Waals surface area contributed by atoms with Crippen molar-refractivity contribution < 1.29 is 22.9 Å². The van der Waals surface area contributed by atoms with Crippen LogP contribution < -0.4 is 4.68 Å². The Bertz CT molecular complexity index is 1460. The molecule has 5 aromatic rings. The second-order valence-electron chi connectivity index (χ2n) is 6.94. The Morgan fingerprint density at radius 3 is 2.75 bits per heavy atom. The molecule has 5 rings (SSSR count). The molecule has 3 aromatic heterocycles. The minimum absolute atomic E-state index is 0.0115.